The quantitative estimate of drug-likeness (QED) is 0.631. The minimum Gasteiger partial charge on any atom is -0.468 e. The smallest absolute Gasteiger partial charge is 0.323 e. The molecule has 1 unspecified atom stereocenters. The summed E-state index contributed by atoms with van der Waals surface area (Å²) in [6, 6.07) is 6.87. The molecule has 2 rings (SSSR count). The molecule has 1 aliphatic carbocycles. The van der Waals surface area contributed by atoms with Crippen LogP contribution in [0, 0.1) is 5.92 Å². The normalized spacial score (nSPS) is 21.3. The van der Waals surface area contributed by atoms with Crippen molar-refractivity contribution in [3.05, 3.63) is 35.4 Å². The Morgan fingerprint density at radius 3 is 2.57 bits per heavy atom. The average molecular weight is 288 g/mol. The van der Waals surface area contributed by atoms with Gasteiger partial charge in [0.15, 0.2) is 17.0 Å². The van der Waals surface area contributed by atoms with Gasteiger partial charge in [-0.3, -0.25) is 14.4 Å². The fraction of sp³-hybridized carbons (Fsp3) is 0.471. The molecule has 1 aromatic rings. The van der Waals surface area contributed by atoms with Crippen molar-refractivity contribution in [1.82, 2.24) is 0 Å². The molecule has 0 heterocycles. The Morgan fingerprint density at radius 2 is 1.95 bits per heavy atom. The monoisotopic (exact) mass is 288 g/mol. The summed E-state index contributed by atoms with van der Waals surface area (Å²) in [7, 11) is 1.28. The van der Waals surface area contributed by atoms with E-state index in [1.165, 1.54) is 7.11 Å². The zero-order valence-corrected chi connectivity index (χ0v) is 12.6. The van der Waals surface area contributed by atoms with E-state index in [-0.39, 0.29) is 18.0 Å². The Morgan fingerprint density at radius 1 is 1.29 bits per heavy atom. The summed E-state index contributed by atoms with van der Waals surface area (Å²) in [5.41, 5.74) is -0.367. The molecule has 1 atom stereocenters. The number of carbonyl (C=O) groups is 3. The van der Waals surface area contributed by atoms with E-state index in [2.05, 4.69) is 0 Å². The molecule has 0 fully saturated rings. The van der Waals surface area contributed by atoms with Crippen LogP contribution in [-0.2, 0) is 19.7 Å². The highest BCUT2D eigenvalue weighted by atomic mass is 16.5. The lowest BCUT2D eigenvalue weighted by Crippen LogP contribution is -2.49. The SMILES string of the molecule is COC(=O)C1(CCC(C)C)C(=O)CC(=O)c2ccccc21. The first-order valence-corrected chi connectivity index (χ1v) is 7.18. The molecule has 0 N–H and O–H groups in total. The van der Waals surface area contributed by atoms with Crippen molar-refractivity contribution in [1.29, 1.82) is 0 Å². The Hall–Kier alpha value is -1.97. The van der Waals surface area contributed by atoms with Crippen molar-refractivity contribution in [2.24, 2.45) is 5.92 Å². The second-order valence-corrected chi connectivity index (χ2v) is 5.90. The molecule has 0 saturated carbocycles. The molecule has 4 heteroatoms. The standard InChI is InChI=1S/C17H20O4/c1-11(2)8-9-17(16(20)21-3)13-7-5-4-6-12(13)14(18)10-15(17)19/h4-7,11H,8-10H2,1-3H3. The third-order valence-corrected chi connectivity index (χ3v) is 4.11. The predicted molar refractivity (Wildman–Crippen MR) is 78.2 cm³/mol. The minimum atomic E-state index is -1.33. The van der Waals surface area contributed by atoms with E-state index < -0.39 is 11.4 Å². The van der Waals surface area contributed by atoms with Crippen molar-refractivity contribution in [2.45, 2.75) is 38.5 Å². The number of carbonyl (C=O) groups excluding carboxylic acids is 3. The van der Waals surface area contributed by atoms with E-state index in [1.807, 2.05) is 13.8 Å². The van der Waals surface area contributed by atoms with Gasteiger partial charge in [-0.25, -0.2) is 0 Å². The summed E-state index contributed by atoms with van der Waals surface area (Å²) >= 11 is 0. The maximum Gasteiger partial charge on any atom is 0.323 e. The molecule has 0 bridgehead atoms. The van der Waals surface area contributed by atoms with Crippen LogP contribution in [0.5, 0.6) is 0 Å². The lowest BCUT2D eigenvalue weighted by atomic mass is 9.65. The van der Waals surface area contributed by atoms with Gasteiger partial charge in [-0.1, -0.05) is 38.1 Å². The van der Waals surface area contributed by atoms with Gasteiger partial charge in [0, 0.05) is 5.56 Å². The molecular formula is C17H20O4. The van der Waals surface area contributed by atoms with Crippen molar-refractivity contribution < 1.29 is 19.1 Å². The fourth-order valence-corrected chi connectivity index (χ4v) is 2.92. The zero-order valence-electron chi connectivity index (χ0n) is 12.6. The zero-order chi connectivity index (χ0) is 15.6. The van der Waals surface area contributed by atoms with Gasteiger partial charge in [0.05, 0.1) is 13.5 Å². The van der Waals surface area contributed by atoms with Crippen LogP contribution in [0.15, 0.2) is 24.3 Å². The fourth-order valence-electron chi connectivity index (χ4n) is 2.92. The van der Waals surface area contributed by atoms with E-state index in [0.717, 1.165) is 0 Å². The number of Topliss-reactive ketones (excluding diaryl/α,β-unsaturated/α-hetero) is 2. The molecule has 0 amide bonds. The van der Waals surface area contributed by atoms with Crippen LogP contribution in [0.2, 0.25) is 0 Å². The average Bonchev–Trinajstić information content (AvgIpc) is 2.46. The van der Waals surface area contributed by atoms with Gasteiger partial charge in [-0.15, -0.1) is 0 Å². The van der Waals surface area contributed by atoms with Crippen LogP contribution in [0.3, 0.4) is 0 Å². The lowest BCUT2D eigenvalue weighted by molar-refractivity contribution is -0.152. The van der Waals surface area contributed by atoms with Gasteiger partial charge in [-0.05, 0) is 24.3 Å². The summed E-state index contributed by atoms with van der Waals surface area (Å²) in [6.45, 7) is 4.07. The number of rotatable bonds is 4. The Kier molecular flexibility index (Phi) is 4.26. The number of ether oxygens (including phenoxy) is 1. The number of hydrogen-bond donors (Lipinski definition) is 0. The number of fused-ring (bicyclic) bond motifs is 1. The van der Waals surface area contributed by atoms with E-state index in [1.54, 1.807) is 24.3 Å². The van der Waals surface area contributed by atoms with Gasteiger partial charge in [0.25, 0.3) is 0 Å². The third-order valence-electron chi connectivity index (χ3n) is 4.11. The van der Waals surface area contributed by atoms with Crippen molar-refractivity contribution >= 4 is 17.5 Å². The van der Waals surface area contributed by atoms with Crippen molar-refractivity contribution in [3.63, 3.8) is 0 Å². The predicted octanol–water partition coefficient (Wildman–Crippen LogP) is 2.69. The summed E-state index contributed by atoms with van der Waals surface area (Å²) in [6.07, 6.45) is 0.855. The Balaban J connectivity index is 2.61. The third kappa shape index (κ3) is 2.50. The first kappa shape index (κ1) is 15.4. The second kappa shape index (κ2) is 5.80. The number of hydrogen-bond acceptors (Lipinski definition) is 4. The molecule has 0 spiro atoms. The maximum absolute atomic E-state index is 12.6. The summed E-state index contributed by atoms with van der Waals surface area (Å²) in [4.78, 5) is 37.1. The largest absolute Gasteiger partial charge is 0.468 e. The molecule has 112 valence electrons. The molecule has 1 aliphatic rings. The number of methoxy groups -OCH3 is 1. The van der Waals surface area contributed by atoms with Crippen LogP contribution in [0.25, 0.3) is 0 Å². The number of benzene rings is 1. The van der Waals surface area contributed by atoms with E-state index in [0.29, 0.717) is 29.9 Å². The number of esters is 1. The van der Waals surface area contributed by atoms with Crippen LogP contribution in [-0.4, -0.2) is 24.6 Å². The first-order chi connectivity index (χ1) is 9.93. The summed E-state index contributed by atoms with van der Waals surface area (Å²) in [5, 5.41) is 0. The topological polar surface area (TPSA) is 60.4 Å². The van der Waals surface area contributed by atoms with Gasteiger partial charge < -0.3 is 4.74 Å². The molecule has 21 heavy (non-hydrogen) atoms. The molecule has 0 radical (unpaired) electrons. The molecular weight excluding hydrogens is 268 g/mol. The molecule has 1 aromatic carbocycles. The summed E-state index contributed by atoms with van der Waals surface area (Å²) < 4.78 is 4.92. The van der Waals surface area contributed by atoms with Crippen molar-refractivity contribution in [3.8, 4) is 0 Å². The Bertz CT molecular complexity index is 588. The minimum absolute atomic E-state index is 0.223. The molecule has 0 saturated heterocycles. The van der Waals surface area contributed by atoms with Gasteiger partial charge in [-0.2, -0.15) is 0 Å². The van der Waals surface area contributed by atoms with E-state index >= 15 is 0 Å². The van der Waals surface area contributed by atoms with Crippen molar-refractivity contribution in [2.75, 3.05) is 7.11 Å². The lowest BCUT2D eigenvalue weighted by Gasteiger charge is -2.35. The molecule has 0 aliphatic heterocycles. The summed E-state index contributed by atoms with van der Waals surface area (Å²) in [5.74, 6) is -0.782. The first-order valence-electron chi connectivity index (χ1n) is 7.18. The highest BCUT2D eigenvalue weighted by molar-refractivity contribution is 6.23. The van der Waals surface area contributed by atoms with Gasteiger partial charge >= 0.3 is 5.97 Å². The van der Waals surface area contributed by atoms with Gasteiger partial charge in [0.2, 0.25) is 0 Å². The Labute approximate surface area is 124 Å². The van der Waals surface area contributed by atoms with Crippen LogP contribution in [0.4, 0.5) is 0 Å². The van der Waals surface area contributed by atoms with E-state index in [4.69, 9.17) is 4.74 Å². The highest BCUT2D eigenvalue weighted by Gasteiger charge is 2.52. The highest BCUT2D eigenvalue weighted by Crippen LogP contribution is 2.40. The second-order valence-electron chi connectivity index (χ2n) is 5.90. The molecule has 4 nitrogen and oxygen atoms in total. The van der Waals surface area contributed by atoms with Crippen LogP contribution < -0.4 is 0 Å². The van der Waals surface area contributed by atoms with E-state index in [9.17, 15) is 14.4 Å². The maximum atomic E-state index is 12.6. The molecule has 0 aromatic heterocycles. The van der Waals surface area contributed by atoms with Crippen LogP contribution >= 0.6 is 0 Å². The van der Waals surface area contributed by atoms with Crippen LogP contribution in [0.1, 0.15) is 49.0 Å². The van der Waals surface area contributed by atoms with Gasteiger partial charge in [0.1, 0.15) is 0 Å². The number of ketones is 2.